The van der Waals surface area contributed by atoms with Crippen LogP contribution in [0.4, 0.5) is 0 Å². The van der Waals surface area contributed by atoms with E-state index in [0.29, 0.717) is 11.7 Å². The number of rotatable bonds is 6. The first-order valence-electron chi connectivity index (χ1n) is 6.00. The Hall–Kier alpha value is -1.16. The molecule has 0 heterocycles. The van der Waals surface area contributed by atoms with Gasteiger partial charge in [-0.1, -0.05) is 26.0 Å². The molecule has 0 saturated heterocycles. The molecule has 100 valence electrons. The molecule has 4 heteroatoms. The summed E-state index contributed by atoms with van der Waals surface area (Å²) in [5, 5.41) is 3.07. The van der Waals surface area contributed by atoms with Crippen LogP contribution in [-0.2, 0) is 4.79 Å². The molecule has 0 spiro atoms. The summed E-state index contributed by atoms with van der Waals surface area (Å²) >= 11 is 1.53. The van der Waals surface area contributed by atoms with Crippen molar-refractivity contribution in [1.82, 2.24) is 5.32 Å². The van der Waals surface area contributed by atoms with Gasteiger partial charge in [-0.2, -0.15) is 11.8 Å². The number of carbonyl (C=O) groups excluding carboxylic acids is 1. The fourth-order valence-corrected chi connectivity index (χ4v) is 2.14. The molecule has 1 unspecified atom stereocenters. The van der Waals surface area contributed by atoms with E-state index in [1.54, 1.807) is 7.11 Å². The zero-order valence-corrected chi connectivity index (χ0v) is 12.2. The maximum absolute atomic E-state index is 11.7. The largest absolute Gasteiger partial charge is 0.497 e. The van der Waals surface area contributed by atoms with Crippen LogP contribution in [0.5, 0.6) is 5.75 Å². The number of benzene rings is 1. The van der Waals surface area contributed by atoms with E-state index in [2.05, 4.69) is 19.2 Å². The number of amides is 1. The highest BCUT2D eigenvalue weighted by Gasteiger charge is 2.17. The summed E-state index contributed by atoms with van der Waals surface area (Å²) in [5.41, 5.74) is 1.11. The van der Waals surface area contributed by atoms with E-state index >= 15 is 0 Å². The number of ether oxygens (including phenoxy) is 1. The molecule has 0 radical (unpaired) electrons. The summed E-state index contributed by atoms with van der Waals surface area (Å²) in [4.78, 5) is 11.7. The monoisotopic (exact) mass is 267 g/mol. The molecule has 0 saturated carbocycles. The van der Waals surface area contributed by atoms with Gasteiger partial charge in [0.05, 0.1) is 18.9 Å². The molecule has 1 amide bonds. The average molecular weight is 267 g/mol. The lowest BCUT2D eigenvalue weighted by molar-refractivity contribution is -0.119. The van der Waals surface area contributed by atoms with Gasteiger partial charge in [-0.15, -0.1) is 0 Å². The summed E-state index contributed by atoms with van der Waals surface area (Å²) in [6.45, 7) is 4.21. The normalized spacial score (nSPS) is 12.3. The predicted octanol–water partition coefficient (Wildman–Crippen LogP) is 2.87. The Morgan fingerprint density at radius 3 is 2.39 bits per heavy atom. The van der Waals surface area contributed by atoms with E-state index in [1.165, 1.54) is 11.8 Å². The maximum atomic E-state index is 11.7. The molecule has 1 N–H and O–H groups in total. The van der Waals surface area contributed by atoms with Crippen LogP contribution in [0.2, 0.25) is 0 Å². The molecule has 1 atom stereocenters. The van der Waals surface area contributed by atoms with Gasteiger partial charge in [-0.3, -0.25) is 4.79 Å². The molecular formula is C14H21NO2S. The van der Waals surface area contributed by atoms with Crippen LogP contribution in [0.25, 0.3) is 0 Å². The van der Waals surface area contributed by atoms with Crippen molar-refractivity contribution in [2.45, 2.75) is 19.9 Å². The Kier molecular flexibility index (Phi) is 6.05. The summed E-state index contributed by atoms with van der Waals surface area (Å²) in [6, 6.07) is 7.90. The number of hydrogen-bond donors (Lipinski definition) is 1. The molecule has 3 nitrogen and oxygen atoms in total. The standard InChI is InChI=1S/C14H21NO2S/c1-10(2)14(15-13(16)9-18-4)11-5-7-12(17-3)8-6-11/h5-8,10,14H,9H2,1-4H3,(H,15,16). The maximum Gasteiger partial charge on any atom is 0.230 e. The summed E-state index contributed by atoms with van der Waals surface area (Å²) < 4.78 is 5.14. The SMILES string of the molecule is COc1ccc(C(NC(=O)CSC)C(C)C)cc1. The summed E-state index contributed by atoms with van der Waals surface area (Å²) in [7, 11) is 1.65. The fraction of sp³-hybridized carbons (Fsp3) is 0.500. The zero-order valence-electron chi connectivity index (χ0n) is 11.4. The van der Waals surface area contributed by atoms with Gasteiger partial charge in [0, 0.05) is 0 Å². The lowest BCUT2D eigenvalue weighted by atomic mass is 9.96. The molecular weight excluding hydrogens is 246 g/mol. The quantitative estimate of drug-likeness (QED) is 0.861. The molecule has 1 aromatic rings. The molecule has 0 aliphatic rings. The minimum atomic E-state index is 0.0514. The molecule has 1 aromatic carbocycles. The number of hydrogen-bond acceptors (Lipinski definition) is 3. The predicted molar refractivity (Wildman–Crippen MR) is 77.1 cm³/mol. The summed E-state index contributed by atoms with van der Waals surface area (Å²) in [6.07, 6.45) is 1.93. The smallest absolute Gasteiger partial charge is 0.230 e. The van der Waals surface area contributed by atoms with Crippen LogP contribution in [0.1, 0.15) is 25.5 Å². The second-order valence-corrected chi connectivity index (χ2v) is 5.36. The fourth-order valence-electron chi connectivity index (χ4n) is 1.79. The number of methoxy groups -OCH3 is 1. The van der Waals surface area contributed by atoms with Crippen LogP contribution in [-0.4, -0.2) is 25.0 Å². The first-order chi connectivity index (χ1) is 8.58. The number of carbonyl (C=O) groups is 1. The van der Waals surface area contributed by atoms with Crippen LogP contribution >= 0.6 is 11.8 Å². The highest BCUT2D eigenvalue weighted by molar-refractivity contribution is 7.99. The lowest BCUT2D eigenvalue weighted by Crippen LogP contribution is -2.32. The molecule has 0 aliphatic heterocycles. The third-order valence-corrected chi connectivity index (χ3v) is 3.28. The van der Waals surface area contributed by atoms with E-state index in [1.807, 2.05) is 30.5 Å². The minimum absolute atomic E-state index is 0.0514. The third-order valence-electron chi connectivity index (χ3n) is 2.73. The van der Waals surface area contributed by atoms with E-state index < -0.39 is 0 Å². The van der Waals surface area contributed by atoms with E-state index in [-0.39, 0.29) is 11.9 Å². The van der Waals surface area contributed by atoms with Crippen molar-refractivity contribution in [3.05, 3.63) is 29.8 Å². The Morgan fingerprint density at radius 2 is 1.94 bits per heavy atom. The summed E-state index contributed by atoms with van der Waals surface area (Å²) in [5.74, 6) is 1.76. The van der Waals surface area contributed by atoms with E-state index in [0.717, 1.165) is 11.3 Å². The molecule has 0 aromatic heterocycles. The van der Waals surface area contributed by atoms with Gasteiger partial charge in [-0.05, 0) is 29.9 Å². The van der Waals surface area contributed by atoms with Gasteiger partial charge in [0.2, 0.25) is 5.91 Å². The van der Waals surface area contributed by atoms with Gasteiger partial charge in [0.15, 0.2) is 0 Å². The molecule has 0 bridgehead atoms. The van der Waals surface area contributed by atoms with Crippen molar-refractivity contribution in [2.24, 2.45) is 5.92 Å². The Bertz CT molecular complexity index is 376. The highest BCUT2D eigenvalue weighted by atomic mass is 32.2. The van der Waals surface area contributed by atoms with Crippen molar-refractivity contribution >= 4 is 17.7 Å². The van der Waals surface area contributed by atoms with Gasteiger partial charge in [0.25, 0.3) is 0 Å². The van der Waals surface area contributed by atoms with Crippen molar-refractivity contribution in [3.8, 4) is 5.75 Å². The minimum Gasteiger partial charge on any atom is -0.497 e. The zero-order chi connectivity index (χ0) is 13.5. The van der Waals surface area contributed by atoms with Crippen LogP contribution in [0.15, 0.2) is 24.3 Å². The molecule has 0 fully saturated rings. The van der Waals surface area contributed by atoms with Gasteiger partial charge >= 0.3 is 0 Å². The first-order valence-corrected chi connectivity index (χ1v) is 7.40. The molecule has 1 rings (SSSR count). The van der Waals surface area contributed by atoms with Gasteiger partial charge in [0.1, 0.15) is 5.75 Å². The topological polar surface area (TPSA) is 38.3 Å². The van der Waals surface area contributed by atoms with Gasteiger partial charge in [-0.25, -0.2) is 0 Å². The molecule has 0 aliphatic carbocycles. The Morgan fingerprint density at radius 1 is 1.33 bits per heavy atom. The van der Waals surface area contributed by atoms with Crippen molar-refractivity contribution in [2.75, 3.05) is 19.1 Å². The third kappa shape index (κ3) is 4.26. The average Bonchev–Trinajstić information content (AvgIpc) is 2.36. The number of nitrogens with one attached hydrogen (secondary N) is 1. The van der Waals surface area contributed by atoms with Crippen molar-refractivity contribution < 1.29 is 9.53 Å². The second kappa shape index (κ2) is 7.31. The van der Waals surface area contributed by atoms with Crippen molar-refractivity contribution in [3.63, 3.8) is 0 Å². The lowest BCUT2D eigenvalue weighted by Gasteiger charge is -2.23. The van der Waals surface area contributed by atoms with E-state index in [9.17, 15) is 4.79 Å². The molecule has 18 heavy (non-hydrogen) atoms. The highest BCUT2D eigenvalue weighted by Crippen LogP contribution is 2.23. The number of thioether (sulfide) groups is 1. The Labute approximate surface area is 113 Å². The van der Waals surface area contributed by atoms with E-state index in [4.69, 9.17) is 4.74 Å². The van der Waals surface area contributed by atoms with Crippen molar-refractivity contribution in [1.29, 1.82) is 0 Å². The Balaban J connectivity index is 2.80. The van der Waals surface area contributed by atoms with Gasteiger partial charge < -0.3 is 10.1 Å². The first kappa shape index (κ1) is 14.9. The second-order valence-electron chi connectivity index (χ2n) is 4.50. The van der Waals surface area contributed by atoms with Crippen LogP contribution < -0.4 is 10.1 Å². The van der Waals surface area contributed by atoms with Crippen LogP contribution in [0, 0.1) is 5.92 Å². The van der Waals surface area contributed by atoms with Crippen LogP contribution in [0.3, 0.4) is 0 Å².